The summed E-state index contributed by atoms with van der Waals surface area (Å²) in [5, 5.41) is 10.8. The number of benzene rings is 1. The zero-order valence-electron chi connectivity index (χ0n) is 16.3. The highest BCUT2D eigenvalue weighted by atomic mass is 32.2. The van der Waals surface area contributed by atoms with Crippen LogP contribution in [0.4, 0.5) is 5.82 Å². The van der Waals surface area contributed by atoms with Crippen molar-refractivity contribution in [2.75, 3.05) is 26.2 Å². The van der Waals surface area contributed by atoms with Crippen LogP contribution in [0.1, 0.15) is 17.8 Å². The number of aryl methyl sites for hydroxylation is 3. The second-order valence-electron chi connectivity index (χ2n) is 6.94. The molecule has 1 aliphatic heterocycles. The topological polar surface area (TPSA) is 119 Å². The SMILES string of the molecule is Cc1ccc(S(=O)(=O)N2CCN(C(=O)CCn3cc([N+](=O)[O-])nc3C)CC2)cc1. The van der Waals surface area contributed by atoms with E-state index in [4.69, 9.17) is 0 Å². The van der Waals surface area contributed by atoms with Crippen LogP contribution < -0.4 is 0 Å². The number of carbonyl (C=O) groups excluding carboxylic acids is 1. The van der Waals surface area contributed by atoms with Gasteiger partial charge in [0.05, 0.1) is 4.90 Å². The lowest BCUT2D eigenvalue weighted by Crippen LogP contribution is -2.50. The predicted octanol–water partition coefficient (Wildman–Crippen LogP) is 1.33. The molecule has 0 aliphatic carbocycles. The number of amides is 1. The van der Waals surface area contributed by atoms with E-state index in [1.807, 2.05) is 6.92 Å². The summed E-state index contributed by atoms with van der Waals surface area (Å²) in [6.07, 6.45) is 1.48. The van der Waals surface area contributed by atoms with Crippen LogP contribution in [-0.4, -0.2) is 64.2 Å². The summed E-state index contributed by atoms with van der Waals surface area (Å²) in [4.78, 5) is 28.4. The number of aromatic nitrogens is 2. The molecular formula is C18H23N5O5S. The first-order chi connectivity index (χ1) is 13.7. The summed E-state index contributed by atoms with van der Waals surface area (Å²) < 4.78 is 28.4. The van der Waals surface area contributed by atoms with Gasteiger partial charge in [0.2, 0.25) is 21.8 Å². The van der Waals surface area contributed by atoms with Crippen molar-refractivity contribution in [1.29, 1.82) is 0 Å². The van der Waals surface area contributed by atoms with Crippen molar-refractivity contribution in [2.45, 2.75) is 31.7 Å². The lowest BCUT2D eigenvalue weighted by atomic mass is 10.2. The molecule has 1 saturated heterocycles. The summed E-state index contributed by atoms with van der Waals surface area (Å²) in [6, 6.07) is 6.70. The van der Waals surface area contributed by atoms with Gasteiger partial charge in [-0.05, 0) is 29.0 Å². The van der Waals surface area contributed by atoms with Gasteiger partial charge < -0.3 is 19.6 Å². The Morgan fingerprint density at radius 3 is 2.31 bits per heavy atom. The van der Waals surface area contributed by atoms with Gasteiger partial charge in [0.1, 0.15) is 6.20 Å². The van der Waals surface area contributed by atoms with E-state index in [0.29, 0.717) is 18.9 Å². The lowest BCUT2D eigenvalue weighted by Gasteiger charge is -2.34. The molecule has 1 aliphatic rings. The third kappa shape index (κ3) is 4.62. The van der Waals surface area contributed by atoms with E-state index in [-0.39, 0.29) is 42.7 Å². The smallest absolute Gasteiger partial charge is 0.358 e. The first kappa shape index (κ1) is 20.9. The fourth-order valence-electron chi connectivity index (χ4n) is 3.22. The van der Waals surface area contributed by atoms with Gasteiger partial charge in [0.25, 0.3) is 0 Å². The zero-order chi connectivity index (χ0) is 21.2. The quantitative estimate of drug-likeness (QED) is 0.513. The summed E-state index contributed by atoms with van der Waals surface area (Å²) in [6.45, 7) is 4.92. The van der Waals surface area contributed by atoms with Gasteiger partial charge in [0.15, 0.2) is 0 Å². The van der Waals surface area contributed by atoms with E-state index in [2.05, 4.69) is 4.98 Å². The molecule has 1 aromatic heterocycles. The normalized spacial score (nSPS) is 15.4. The van der Waals surface area contributed by atoms with E-state index in [1.165, 1.54) is 10.5 Å². The Bertz CT molecular complexity index is 1010. The maximum atomic E-state index is 12.7. The average Bonchev–Trinajstić information content (AvgIpc) is 3.07. The van der Waals surface area contributed by atoms with Crippen LogP contribution in [-0.2, 0) is 21.4 Å². The highest BCUT2D eigenvalue weighted by Crippen LogP contribution is 2.19. The van der Waals surface area contributed by atoms with Crippen LogP contribution in [0, 0.1) is 24.0 Å². The standard InChI is InChI=1S/C18H23N5O5S/c1-14-3-5-16(6-4-14)29(27,28)22-11-9-20(10-12-22)18(24)7-8-21-13-17(23(25)26)19-15(21)2/h3-6,13H,7-12H2,1-2H3. The van der Waals surface area contributed by atoms with Crippen LogP contribution >= 0.6 is 0 Å². The van der Waals surface area contributed by atoms with Crippen molar-refractivity contribution in [3.63, 3.8) is 0 Å². The average molecular weight is 421 g/mol. The van der Waals surface area contributed by atoms with Gasteiger partial charge in [-0.1, -0.05) is 17.7 Å². The Balaban J connectivity index is 1.55. The summed E-state index contributed by atoms with van der Waals surface area (Å²) in [5.41, 5.74) is 0.984. The highest BCUT2D eigenvalue weighted by molar-refractivity contribution is 7.89. The number of hydrogen-bond donors (Lipinski definition) is 0. The summed E-state index contributed by atoms with van der Waals surface area (Å²) >= 11 is 0. The third-order valence-corrected chi connectivity index (χ3v) is 6.88. The Morgan fingerprint density at radius 2 is 1.76 bits per heavy atom. The molecule has 0 unspecified atom stereocenters. The minimum atomic E-state index is -3.58. The molecule has 0 spiro atoms. The Morgan fingerprint density at radius 1 is 1.14 bits per heavy atom. The molecule has 2 aromatic rings. The molecule has 0 N–H and O–H groups in total. The van der Waals surface area contributed by atoms with Gasteiger partial charge in [-0.25, -0.2) is 8.42 Å². The fraction of sp³-hybridized carbons (Fsp3) is 0.444. The molecule has 11 heteroatoms. The molecule has 2 heterocycles. The predicted molar refractivity (Wildman–Crippen MR) is 105 cm³/mol. The van der Waals surface area contributed by atoms with Crippen molar-refractivity contribution in [2.24, 2.45) is 0 Å². The number of carbonyl (C=O) groups is 1. The van der Waals surface area contributed by atoms with Crippen LogP contribution in [0.5, 0.6) is 0 Å². The molecule has 156 valence electrons. The number of nitrogens with zero attached hydrogens (tertiary/aromatic N) is 5. The summed E-state index contributed by atoms with van der Waals surface area (Å²) in [7, 11) is -3.58. The first-order valence-electron chi connectivity index (χ1n) is 9.21. The maximum absolute atomic E-state index is 12.7. The Labute approximate surface area is 169 Å². The molecule has 0 saturated carbocycles. The number of hydrogen-bond acceptors (Lipinski definition) is 6. The molecule has 1 amide bonds. The van der Waals surface area contributed by atoms with Crippen LogP contribution in [0.2, 0.25) is 0 Å². The van der Waals surface area contributed by atoms with Crippen molar-refractivity contribution in [3.8, 4) is 0 Å². The third-order valence-electron chi connectivity index (χ3n) is 4.97. The molecule has 0 radical (unpaired) electrons. The van der Waals surface area contributed by atoms with Gasteiger partial charge in [-0.2, -0.15) is 4.31 Å². The molecule has 3 rings (SSSR count). The van der Waals surface area contributed by atoms with Crippen LogP contribution in [0.3, 0.4) is 0 Å². The van der Waals surface area contributed by atoms with Gasteiger partial charge in [-0.3, -0.25) is 4.79 Å². The monoisotopic (exact) mass is 421 g/mol. The van der Waals surface area contributed by atoms with E-state index in [1.54, 1.807) is 40.7 Å². The number of nitro groups is 1. The maximum Gasteiger partial charge on any atom is 0.381 e. The number of imidazole rings is 1. The van der Waals surface area contributed by atoms with Crippen molar-refractivity contribution >= 4 is 21.7 Å². The molecule has 10 nitrogen and oxygen atoms in total. The number of sulfonamides is 1. The zero-order valence-corrected chi connectivity index (χ0v) is 17.1. The minimum absolute atomic E-state index is 0.117. The first-order valence-corrected chi connectivity index (χ1v) is 10.7. The molecule has 29 heavy (non-hydrogen) atoms. The largest absolute Gasteiger partial charge is 0.381 e. The molecule has 1 aromatic carbocycles. The highest BCUT2D eigenvalue weighted by Gasteiger charge is 2.30. The molecular weight excluding hydrogens is 398 g/mol. The van der Waals surface area contributed by atoms with Gasteiger partial charge >= 0.3 is 5.82 Å². The second-order valence-corrected chi connectivity index (χ2v) is 8.88. The second kappa shape index (κ2) is 8.29. The van der Waals surface area contributed by atoms with E-state index in [9.17, 15) is 23.3 Å². The molecule has 0 atom stereocenters. The van der Waals surface area contributed by atoms with Crippen molar-refractivity contribution in [1.82, 2.24) is 18.8 Å². The van der Waals surface area contributed by atoms with Gasteiger partial charge in [-0.15, -0.1) is 0 Å². The van der Waals surface area contributed by atoms with E-state index >= 15 is 0 Å². The Kier molecular flexibility index (Phi) is 5.99. The molecule has 0 bridgehead atoms. The summed E-state index contributed by atoms with van der Waals surface area (Å²) in [5.74, 6) is 0.108. The van der Waals surface area contributed by atoms with Crippen LogP contribution in [0.25, 0.3) is 0 Å². The van der Waals surface area contributed by atoms with Crippen molar-refractivity contribution < 1.29 is 18.1 Å². The number of rotatable bonds is 6. The Hall–Kier alpha value is -2.79. The molecule has 1 fully saturated rings. The van der Waals surface area contributed by atoms with E-state index in [0.717, 1.165) is 5.56 Å². The lowest BCUT2D eigenvalue weighted by molar-refractivity contribution is -0.389. The fourth-order valence-corrected chi connectivity index (χ4v) is 4.64. The van der Waals surface area contributed by atoms with E-state index < -0.39 is 14.9 Å². The minimum Gasteiger partial charge on any atom is -0.358 e. The van der Waals surface area contributed by atoms with Gasteiger partial charge in [0, 0.05) is 46.1 Å². The van der Waals surface area contributed by atoms with Crippen molar-refractivity contribution in [3.05, 3.63) is 52.0 Å². The number of piperazine rings is 1. The van der Waals surface area contributed by atoms with Crippen LogP contribution in [0.15, 0.2) is 35.4 Å².